The summed E-state index contributed by atoms with van der Waals surface area (Å²) < 4.78 is 33.5. The Morgan fingerprint density at radius 2 is 1.93 bits per heavy atom. The van der Waals surface area contributed by atoms with Crippen molar-refractivity contribution in [2.75, 3.05) is 26.3 Å². The topological polar surface area (TPSA) is 80.2 Å². The molecule has 2 saturated heterocycles. The van der Waals surface area contributed by atoms with Crippen LogP contribution in [0.1, 0.15) is 85.0 Å². The molecule has 0 aromatic carbocycles. The summed E-state index contributed by atoms with van der Waals surface area (Å²) in [5, 5.41) is 7.25. The summed E-state index contributed by atoms with van der Waals surface area (Å²) in [4.78, 5) is 32.3. The molecule has 1 amide bonds. The van der Waals surface area contributed by atoms with Gasteiger partial charge in [-0.1, -0.05) is 24.6 Å². The first-order valence-corrected chi connectivity index (χ1v) is 15.5. The predicted octanol–water partition coefficient (Wildman–Crippen LogP) is 5.74. The van der Waals surface area contributed by atoms with Gasteiger partial charge in [0, 0.05) is 31.8 Å². The third kappa shape index (κ3) is 4.73. The van der Waals surface area contributed by atoms with Crippen molar-refractivity contribution in [1.29, 1.82) is 0 Å². The van der Waals surface area contributed by atoms with Crippen LogP contribution in [0.2, 0.25) is 0 Å². The van der Waals surface area contributed by atoms with Crippen LogP contribution >= 0.6 is 0 Å². The minimum Gasteiger partial charge on any atom is -0.377 e. The zero-order valence-corrected chi connectivity index (χ0v) is 24.2. The maximum atomic E-state index is 14.1. The summed E-state index contributed by atoms with van der Waals surface area (Å²) in [6.07, 6.45) is 9.71. The van der Waals surface area contributed by atoms with Crippen molar-refractivity contribution in [3.63, 3.8) is 0 Å². The fourth-order valence-electron chi connectivity index (χ4n) is 9.62. The predicted molar refractivity (Wildman–Crippen MR) is 147 cm³/mol. The maximum Gasteiger partial charge on any atom is 0.436 e. The molecule has 0 bridgehead atoms. The van der Waals surface area contributed by atoms with Crippen LogP contribution in [0.3, 0.4) is 0 Å². The van der Waals surface area contributed by atoms with Gasteiger partial charge in [0.1, 0.15) is 0 Å². The van der Waals surface area contributed by atoms with Crippen LogP contribution in [0.5, 0.6) is 0 Å². The second-order valence-corrected chi connectivity index (χ2v) is 13.9. The lowest BCUT2D eigenvalue weighted by Crippen LogP contribution is -2.53. The van der Waals surface area contributed by atoms with E-state index in [1.807, 2.05) is 13.0 Å². The van der Waals surface area contributed by atoms with Gasteiger partial charge in [-0.15, -0.1) is 0 Å². The number of alkyl halides is 2. The Hall–Kier alpha value is -1.87. The zero-order valence-electron chi connectivity index (χ0n) is 24.2. The number of nitrogens with zero attached hydrogens (tertiary/aromatic N) is 2. The van der Waals surface area contributed by atoms with Crippen molar-refractivity contribution in [3.8, 4) is 0 Å². The van der Waals surface area contributed by atoms with E-state index in [0.29, 0.717) is 43.2 Å². The number of halogens is 2. The summed E-state index contributed by atoms with van der Waals surface area (Å²) in [5.74, 6) is -0.303. The summed E-state index contributed by atoms with van der Waals surface area (Å²) in [7, 11) is 0. The van der Waals surface area contributed by atoms with Crippen LogP contribution in [-0.2, 0) is 14.4 Å². The number of allylic oxidation sites excluding steroid dienone is 1. The number of nitrogens with one attached hydrogen (secondary N) is 1. The van der Waals surface area contributed by atoms with E-state index in [1.165, 1.54) is 16.9 Å². The minimum atomic E-state index is -2.75. The van der Waals surface area contributed by atoms with E-state index in [2.05, 4.69) is 24.3 Å². The SMILES string of the molecule is C/C(=N\OC(=O)N(CCC1NCCC1(F)F)C1COC1)[C@H]1CC[C@H]2[C@@H]3CCC4=CC(=O)CC[C@]4(C)[C@H]3CC[C@]12C. The van der Waals surface area contributed by atoms with Crippen LogP contribution in [0.25, 0.3) is 0 Å². The molecule has 1 unspecified atom stereocenters. The largest absolute Gasteiger partial charge is 0.436 e. The molecule has 2 aliphatic heterocycles. The molecule has 1 N–H and O–H groups in total. The van der Waals surface area contributed by atoms with Gasteiger partial charge in [0.15, 0.2) is 5.78 Å². The molecule has 0 spiro atoms. The van der Waals surface area contributed by atoms with Crippen molar-refractivity contribution in [2.45, 2.75) is 103 Å². The van der Waals surface area contributed by atoms with Crippen LogP contribution in [0.15, 0.2) is 16.8 Å². The molecule has 2 heterocycles. The smallest absolute Gasteiger partial charge is 0.377 e. The molecule has 6 rings (SSSR count). The monoisotopic (exact) mass is 561 g/mol. The van der Waals surface area contributed by atoms with Crippen molar-refractivity contribution < 1.29 is 27.9 Å². The lowest BCUT2D eigenvalue weighted by molar-refractivity contribution is -0.117. The molecule has 7 nitrogen and oxygen atoms in total. The highest BCUT2D eigenvalue weighted by molar-refractivity contribution is 5.91. The fourth-order valence-corrected chi connectivity index (χ4v) is 9.62. The Balaban J connectivity index is 1.11. The van der Waals surface area contributed by atoms with Gasteiger partial charge >= 0.3 is 6.09 Å². The first-order chi connectivity index (χ1) is 19.0. The van der Waals surface area contributed by atoms with E-state index >= 15 is 0 Å². The average molecular weight is 562 g/mol. The summed E-state index contributed by atoms with van der Waals surface area (Å²) in [6.45, 7) is 8.05. The molecule has 3 saturated carbocycles. The molecule has 0 aromatic rings. The van der Waals surface area contributed by atoms with Gasteiger partial charge in [-0.3, -0.25) is 14.5 Å². The van der Waals surface area contributed by atoms with Gasteiger partial charge in [0.05, 0.1) is 31.0 Å². The normalized spacial score (nSPS) is 40.9. The Labute approximate surface area is 236 Å². The van der Waals surface area contributed by atoms with E-state index in [0.717, 1.165) is 44.2 Å². The van der Waals surface area contributed by atoms with Crippen LogP contribution in [-0.4, -0.2) is 66.8 Å². The van der Waals surface area contributed by atoms with Crippen molar-refractivity contribution in [1.82, 2.24) is 10.2 Å². The van der Waals surface area contributed by atoms with Crippen LogP contribution < -0.4 is 5.32 Å². The molecule has 5 fully saturated rings. The summed E-state index contributed by atoms with van der Waals surface area (Å²) in [5.41, 5.74) is 2.52. The van der Waals surface area contributed by atoms with Gasteiger partial charge in [-0.2, -0.15) is 0 Å². The number of fused-ring (bicyclic) bond motifs is 5. The van der Waals surface area contributed by atoms with Gasteiger partial charge in [0.2, 0.25) is 0 Å². The van der Waals surface area contributed by atoms with E-state index in [1.54, 1.807) is 0 Å². The molecule has 6 aliphatic rings. The molecule has 7 atom stereocenters. The quantitative estimate of drug-likeness (QED) is 0.254. The lowest BCUT2D eigenvalue weighted by atomic mass is 9.46. The summed E-state index contributed by atoms with van der Waals surface area (Å²) in [6, 6.07) is -1.09. The van der Waals surface area contributed by atoms with E-state index in [9.17, 15) is 18.4 Å². The van der Waals surface area contributed by atoms with E-state index < -0.39 is 18.1 Å². The van der Waals surface area contributed by atoms with Gasteiger partial charge in [-0.05, 0) is 93.0 Å². The molecular weight excluding hydrogens is 516 g/mol. The molecule has 222 valence electrons. The van der Waals surface area contributed by atoms with E-state index in [-0.39, 0.29) is 48.7 Å². The molecule has 0 aromatic heterocycles. The molecule has 0 radical (unpaired) electrons. The molecule has 40 heavy (non-hydrogen) atoms. The number of ketones is 1. The number of amides is 1. The van der Waals surface area contributed by atoms with Gasteiger partial charge in [0.25, 0.3) is 5.92 Å². The van der Waals surface area contributed by atoms with E-state index in [4.69, 9.17) is 9.57 Å². The van der Waals surface area contributed by atoms with Crippen molar-refractivity contribution in [3.05, 3.63) is 11.6 Å². The molecule has 4 aliphatic carbocycles. The second-order valence-electron chi connectivity index (χ2n) is 13.9. The number of hydrogen-bond donors (Lipinski definition) is 1. The Bertz CT molecular complexity index is 1090. The number of hydrogen-bond acceptors (Lipinski definition) is 6. The highest BCUT2D eigenvalue weighted by Gasteiger charge is 2.59. The first-order valence-electron chi connectivity index (χ1n) is 15.5. The first kappa shape index (κ1) is 28.3. The zero-order chi connectivity index (χ0) is 28.3. The third-order valence-corrected chi connectivity index (χ3v) is 12.0. The number of carbonyl (C=O) groups excluding carboxylic acids is 2. The Morgan fingerprint density at radius 3 is 2.62 bits per heavy atom. The standard InChI is InChI=1S/C31H45F2N3O4/c1-19(35-40-28(38)36(21-17-39-18-21)15-10-27-31(32,33)13-14-34-27)24-6-7-25-23-5-4-20-16-22(37)8-11-29(20,2)26(23)9-12-30(24,25)3/h16,21,23-27,34H,4-15,17-18H2,1-3H3/b35-19+/t23-,24+,25-,26-,27?,29-,30+/m0/s1. The van der Waals surface area contributed by atoms with Crippen molar-refractivity contribution in [2.24, 2.45) is 39.7 Å². The van der Waals surface area contributed by atoms with Gasteiger partial charge < -0.3 is 10.1 Å². The van der Waals surface area contributed by atoms with Crippen LogP contribution in [0.4, 0.5) is 13.6 Å². The third-order valence-electron chi connectivity index (χ3n) is 12.0. The number of oxime groups is 1. The van der Waals surface area contributed by atoms with Crippen LogP contribution in [0, 0.1) is 34.5 Å². The van der Waals surface area contributed by atoms with Crippen molar-refractivity contribution >= 4 is 17.6 Å². The average Bonchev–Trinajstić information content (AvgIpc) is 3.42. The highest BCUT2D eigenvalue weighted by atomic mass is 19.3. The molecule has 9 heteroatoms. The highest BCUT2D eigenvalue weighted by Crippen LogP contribution is 2.66. The Kier molecular flexibility index (Phi) is 7.38. The maximum absolute atomic E-state index is 14.1. The second kappa shape index (κ2) is 10.4. The van der Waals surface area contributed by atoms with Gasteiger partial charge in [-0.25, -0.2) is 13.6 Å². The fraction of sp³-hybridized carbons (Fsp3) is 0.839. The lowest BCUT2D eigenvalue weighted by Gasteiger charge is -2.58. The molecular formula is C31H45F2N3O4. The number of ether oxygens (including phenoxy) is 1. The number of carbonyl (C=O) groups is 2. The number of rotatable bonds is 6. The minimum absolute atomic E-state index is 0.116. The summed E-state index contributed by atoms with van der Waals surface area (Å²) >= 11 is 0. The Morgan fingerprint density at radius 1 is 1.12 bits per heavy atom.